The number of nitrogens with one attached hydrogen (secondary N) is 1. The molecule has 5 nitrogen and oxygen atoms in total. The summed E-state index contributed by atoms with van der Waals surface area (Å²) in [5.74, 6) is -1.32. The molecule has 0 aliphatic heterocycles. The Hall–Kier alpha value is -1.10. The number of aliphatic carboxylic acids is 1. The Labute approximate surface area is 76.8 Å². The quantitative estimate of drug-likeness (QED) is 0.537. The lowest BCUT2D eigenvalue weighted by Gasteiger charge is -2.13. The van der Waals surface area contributed by atoms with Gasteiger partial charge in [0.05, 0.1) is 19.1 Å². The number of aliphatic hydroxyl groups is 1. The Morgan fingerprint density at radius 1 is 1.38 bits per heavy atom. The topological polar surface area (TPSA) is 86.6 Å². The molecule has 0 radical (unpaired) electrons. The summed E-state index contributed by atoms with van der Waals surface area (Å²) in [5, 5.41) is 19.5. The van der Waals surface area contributed by atoms with Crippen molar-refractivity contribution in [2.45, 2.75) is 32.2 Å². The minimum absolute atomic E-state index is 0.0359. The predicted molar refractivity (Wildman–Crippen MR) is 46.2 cm³/mol. The molecule has 0 bridgehead atoms. The van der Waals surface area contributed by atoms with Crippen molar-refractivity contribution >= 4 is 11.9 Å². The summed E-state index contributed by atoms with van der Waals surface area (Å²) < 4.78 is 0. The van der Waals surface area contributed by atoms with Crippen LogP contribution < -0.4 is 5.32 Å². The zero-order valence-corrected chi connectivity index (χ0v) is 7.62. The summed E-state index contributed by atoms with van der Waals surface area (Å²) in [4.78, 5) is 21.1. The van der Waals surface area contributed by atoms with Gasteiger partial charge in [0.1, 0.15) is 0 Å². The Kier molecular flexibility index (Phi) is 5.88. The first-order chi connectivity index (χ1) is 6.10. The van der Waals surface area contributed by atoms with Gasteiger partial charge >= 0.3 is 5.97 Å². The Morgan fingerprint density at radius 2 is 2.00 bits per heavy atom. The number of hydrogen-bond donors (Lipinski definition) is 3. The van der Waals surface area contributed by atoms with Crippen molar-refractivity contribution < 1.29 is 19.8 Å². The number of carbonyl (C=O) groups is 2. The summed E-state index contributed by atoms with van der Waals surface area (Å²) in [7, 11) is 0. The molecule has 0 saturated carbocycles. The van der Waals surface area contributed by atoms with Gasteiger partial charge in [-0.2, -0.15) is 0 Å². The Balaban J connectivity index is 3.66. The summed E-state index contributed by atoms with van der Waals surface area (Å²) in [6.45, 7) is 1.72. The molecule has 1 unspecified atom stereocenters. The molecule has 1 atom stereocenters. The molecular weight excluding hydrogens is 174 g/mol. The van der Waals surface area contributed by atoms with E-state index in [-0.39, 0.29) is 31.4 Å². The van der Waals surface area contributed by atoms with E-state index in [9.17, 15) is 9.59 Å². The molecule has 1 amide bonds. The van der Waals surface area contributed by atoms with Crippen molar-refractivity contribution in [1.82, 2.24) is 5.32 Å². The maximum atomic E-state index is 11.0. The van der Waals surface area contributed by atoms with Crippen molar-refractivity contribution in [2.75, 3.05) is 6.61 Å². The highest BCUT2D eigenvalue weighted by Crippen LogP contribution is 1.93. The van der Waals surface area contributed by atoms with Crippen molar-refractivity contribution in [2.24, 2.45) is 0 Å². The maximum Gasteiger partial charge on any atom is 0.303 e. The van der Waals surface area contributed by atoms with Gasteiger partial charge in [-0.1, -0.05) is 6.92 Å². The summed E-state index contributed by atoms with van der Waals surface area (Å²) in [6.07, 6.45) is 0.425. The van der Waals surface area contributed by atoms with E-state index in [1.54, 1.807) is 0 Å². The summed E-state index contributed by atoms with van der Waals surface area (Å²) in [5.41, 5.74) is 0. The highest BCUT2D eigenvalue weighted by Gasteiger charge is 2.09. The second-order valence-corrected chi connectivity index (χ2v) is 2.75. The zero-order chi connectivity index (χ0) is 10.3. The zero-order valence-electron chi connectivity index (χ0n) is 7.62. The van der Waals surface area contributed by atoms with E-state index in [4.69, 9.17) is 10.2 Å². The van der Waals surface area contributed by atoms with E-state index in [0.717, 1.165) is 0 Å². The highest BCUT2D eigenvalue weighted by atomic mass is 16.4. The average molecular weight is 189 g/mol. The largest absolute Gasteiger partial charge is 0.481 e. The monoisotopic (exact) mass is 189 g/mol. The first-order valence-electron chi connectivity index (χ1n) is 4.22. The number of hydrogen-bond acceptors (Lipinski definition) is 3. The Morgan fingerprint density at radius 3 is 2.38 bits per heavy atom. The molecule has 0 aliphatic carbocycles. The maximum absolute atomic E-state index is 11.0. The van der Waals surface area contributed by atoms with Crippen LogP contribution in [0.5, 0.6) is 0 Å². The number of carbonyl (C=O) groups excluding carboxylic acids is 1. The molecular formula is C8H15NO4. The third-order valence-corrected chi connectivity index (χ3v) is 1.64. The minimum Gasteiger partial charge on any atom is -0.481 e. The van der Waals surface area contributed by atoms with Gasteiger partial charge in [-0.25, -0.2) is 0 Å². The Bertz CT molecular complexity index is 177. The first-order valence-corrected chi connectivity index (χ1v) is 4.22. The predicted octanol–water partition coefficient (Wildman–Crippen LogP) is -0.262. The fraction of sp³-hybridized carbons (Fsp3) is 0.750. The van der Waals surface area contributed by atoms with Crippen LogP contribution in [0.1, 0.15) is 26.2 Å². The van der Waals surface area contributed by atoms with Crippen LogP contribution in [0.2, 0.25) is 0 Å². The van der Waals surface area contributed by atoms with Crippen LogP contribution in [0.15, 0.2) is 0 Å². The van der Waals surface area contributed by atoms with Gasteiger partial charge in [0, 0.05) is 6.42 Å². The lowest BCUT2D eigenvalue weighted by Crippen LogP contribution is -2.36. The van der Waals surface area contributed by atoms with Crippen molar-refractivity contribution in [3.8, 4) is 0 Å². The molecule has 0 aromatic rings. The van der Waals surface area contributed by atoms with Crippen LogP contribution in [0.3, 0.4) is 0 Å². The molecule has 0 fully saturated rings. The second-order valence-electron chi connectivity index (χ2n) is 2.75. The third kappa shape index (κ3) is 6.10. The van der Waals surface area contributed by atoms with Crippen molar-refractivity contribution in [3.63, 3.8) is 0 Å². The lowest BCUT2D eigenvalue weighted by atomic mass is 10.2. The average Bonchev–Trinajstić information content (AvgIpc) is 2.10. The van der Waals surface area contributed by atoms with Crippen LogP contribution >= 0.6 is 0 Å². The second kappa shape index (κ2) is 6.42. The normalized spacial score (nSPS) is 12.2. The van der Waals surface area contributed by atoms with Gasteiger partial charge < -0.3 is 15.5 Å². The number of amides is 1. The van der Waals surface area contributed by atoms with Crippen molar-refractivity contribution in [1.29, 1.82) is 0 Å². The molecule has 0 aliphatic rings. The van der Waals surface area contributed by atoms with Gasteiger partial charge in [0.25, 0.3) is 0 Å². The van der Waals surface area contributed by atoms with Gasteiger partial charge in [-0.15, -0.1) is 0 Å². The van der Waals surface area contributed by atoms with Crippen LogP contribution in [0.4, 0.5) is 0 Å². The lowest BCUT2D eigenvalue weighted by molar-refractivity contribution is -0.139. The van der Waals surface area contributed by atoms with Gasteiger partial charge in [0.15, 0.2) is 0 Å². The molecule has 76 valence electrons. The summed E-state index contributed by atoms with van der Waals surface area (Å²) >= 11 is 0. The number of rotatable bonds is 6. The molecule has 0 heterocycles. The number of aliphatic hydroxyl groups excluding tert-OH is 1. The highest BCUT2D eigenvalue weighted by molar-refractivity contribution is 5.80. The van der Waals surface area contributed by atoms with E-state index < -0.39 is 5.97 Å². The molecule has 5 heteroatoms. The van der Waals surface area contributed by atoms with Gasteiger partial charge in [-0.3, -0.25) is 9.59 Å². The van der Waals surface area contributed by atoms with Crippen LogP contribution in [0, 0.1) is 0 Å². The molecule has 0 rings (SSSR count). The fourth-order valence-corrected chi connectivity index (χ4v) is 0.797. The molecule has 3 N–H and O–H groups in total. The fourth-order valence-electron chi connectivity index (χ4n) is 0.797. The molecule has 0 spiro atoms. The number of carboxylic acids is 1. The molecule has 0 aromatic heterocycles. The van der Waals surface area contributed by atoms with Crippen LogP contribution in [0.25, 0.3) is 0 Å². The standard InChI is InChI=1S/C8H15NO4/c1-2-6(5-10)9-7(11)3-4-8(12)13/h6,10H,2-5H2,1H3,(H,9,11)(H,12,13). The van der Waals surface area contributed by atoms with E-state index in [1.807, 2.05) is 6.92 Å². The minimum atomic E-state index is -0.993. The number of carboxylic acid groups (broad SMARTS) is 1. The van der Waals surface area contributed by atoms with E-state index in [2.05, 4.69) is 5.32 Å². The SMILES string of the molecule is CCC(CO)NC(=O)CCC(=O)O. The van der Waals surface area contributed by atoms with E-state index >= 15 is 0 Å². The third-order valence-electron chi connectivity index (χ3n) is 1.64. The van der Waals surface area contributed by atoms with Crippen molar-refractivity contribution in [3.05, 3.63) is 0 Å². The first kappa shape index (κ1) is 11.9. The smallest absolute Gasteiger partial charge is 0.303 e. The molecule has 0 saturated heterocycles. The summed E-state index contributed by atoms with van der Waals surface area (Å²) in [6, 6.07) is -0.263. The van der Waals surface area contributed by atoms with E-state index in [0.29, 0.717) is 6.42 Å². The van der Waals surface area contributed by atoms with Crippen LogP contribution in [-0.2, 0) is 9.59 Å². The van der Waals surface area contributed by atoms with Gasteiger partial charge in [0.2, 0.25) is 5.91 Å². The molecule has 13 heavy (non-hydrogen) atoms. The van der Waals surface area contributed by atoms with Gasteiger partial charge in [-0.05, 0) is 6.42 Å². The molecule has 0 aromatic carbocycles. The van der Waals surface area contributed by atoms with Crippen LogP contribution in [-0.4, -0.2) is 34.7 Å². The van der Waals surface area contributed by atoms with E-state index in [1.165, 1.54) is 0 Å².